The second kappa shape index (κ2) is 2.63. The van der Waals surface area contributed by atoms with Crippen molar-refractivity contribution in [2.75, 3.05) is 5.73 Å². The van der Waals surface area contributed by atoms with Crippen molar-refractivity contribution in [1.82, 2.24) is 4.98 Å². The van der Waals surface area contributed by atoms with Crippen LogP contribution < -0.4 is 5.73 Å². The molecule has 1 saturated carbocycles. The average molecular weight is 183 g/mol. The first-order valence-corrected chi connectivity index (χ1v) is 4.49. The van der Waals surface area contributed by atoms with Crippen LogP contribution in [0.15, 0.2) is 6.07 Å². The maximum atomic E-state index is 5.98. The van der Waals surface area contributed by atoms with Crippen LogP contribution >= 0.6 is 11.6 Å². The summed E-state index contributed by atoms with van der Waals surface area (Å²) in [5, 5.41) is 0.593. The minimum absolute atomic E-state index is 0.516. The van der Waals surface area contributed by atoms with Crippen molar-refractivity contribution in [3.05, 3.63) is 22.3 Å². The molecule has 0 aromatic carbocycles. The molecule has 0 spiro atoms. The molecule has 0 unspecified atom stereocenters. The number of hydrogen-bond acceptors (Lipinski definition) is 2. The van der Waals surface area contributed by atoms with Gasteiger partial charge in [0.05, 0.1) is 0 Å². The summed E-state index contributed by atoms with van der Waals surface area (Å²) in [6.45, 7) is 2.04. The minimum Gasteiger partial charge on any atom is -0.384 e. The summed E-state index contributed by atoms with van der Waals surface area (Å²) in [5.41, 5.74) is 7.93. The Bertz CT molecular complexity index is 295. The number of nitrogens with two attached hydrogens (primary N) is 1. The van der Waals surface area contributed by atoms with Gasteiger partial charge in [-0.2, -0.15) is 0 Å². The van der Waals surface area contributed by atoms with E-state index in [4.69, 9.17) is 17.3 Å². The van der Waals surface area contributed by atoms with E-state index in [1.54, 1.807) is 0 Å². The second-order valence-electron chi connectivity index (χ2n) is 3.34. The zero-order valence-corrected chi connectivity index (χ0v) is 7.73. The van der Waals surface area contributed by atoms with Gasteiger partial charge in [-0.05, 0) is 42.9 Å². The van der Waals surface area contributed by atoms with Crippen LogP contribution in [-0.4, -0.2) is 4.98 Å². The lowest BCUT2D eigenvalue weighted by Crippen LogP contribution is -1.96. The largest absolute Gasteiger partial charge is 0.384 e. The third-order valence-corrected chi connectivity index (χ3v) is 2.51. The molecule has 1 heterocycles. The number of nitrogen functional groups attached to an aromatic ring is 1. The summed E-state index contributed by atoms with van der Waals surface area (Å²) in [6, 6.07) is 1.89. The molecule has 1 aliphatic carbocycles. The van der Waals surface area contributed by atoms with Gasteiger partial charge < -0.3 is 5.73 Å². The summed E-state index contributed by atoms with van der Waals surface area (Å²) >= 11 is 5.98. The lowest BCUT2D eigenvalue weighted by Gasteiger charge is -2.06. The number of nitrogens with zero attached hydrogens (tertiary/aromatic N) is 1. The van der Waals surface area contributed by atoms with Crippen molar-refractivity contribution in [2.45, 2.75) is 25.7 Å². The Morgan fingerprint density at radius 3 is 2.75 bits per heavy atom. The van der Waals surface area contributed by atoms with E-state index >= 15 is 0 Å². The molecule has 0 atom stereocenters. The topological polar surface area (TPSA) is 38.9 Å². The average Bonchev–Trinajstić information content (AvgIpc) is 2.68. The minimum atomic E-state index is 0.516. The standard InChI is InChI=1S/C9H11ClN2/c1-5-4-7(11)12-9(10)8(5)6-2-3-6/h4,6H,2-3H2,1H3,(H2,11,12). The van der Waals surface area contributed by atoms with Crippen LogP contribution in [0.25, 0.3) is 0 Å². The van der Waals surface area contributed by atoms with Crippen LogP contribution in [0.5, 0.6) is 0 Å². The molecule has 0 saturated heterocycles. The van der Waals surface area contributed by atoms with Crippen LogP contribution in [0.4, 0.5) is 5.82 Å². The van der Waals surface area contributed by atoms with Crippen molar-refractivity contribution < 1.29 is 0 Å². The number of pyridine rings is 1. The van der Waals surface area contributed by atoms with Gasteiger partial charge in [0.25, 0.3) is 0 Å². The van der Waals surface area contributed by atoms with Gasteiger partial charge in [0.2, 0.25) is 0 Å². The summed E-state index contributed by atoms with van der Waals surface area (Å²) in [7, 11) is 0. The summed E-state index contributed by atoms with van der Waals surface area (Å²) in [6.07, 6.45) is 2.48. The Balaban J connectivity index is 2.51. The molecule has 1 aliphatic rings. The van der Waals surface area contributed by atoms with Gasteiger partial charge in [0.15, 0.2) is 0 Å². The molecular weight excluding hydrogens is 172 g/mol. The highest BCUT2D eigenvalue weighted by Gasteiger charge is 2.28. The molecule has 2 nitrogen and oxygen atoms in total. The second-order valence-corrected chi connectivity index (χ2v) is 3.70. The fourth-order valence-corrected chi connectivity index (χ4v) is 1.93. The molecule has 3 heteroatoms. The quantitative estimate of drug-likeness (QED) is 0.678. The first-order chi connectivity index (χ1) is 5.68. The highest BCUT2D eigenvalue weighted by atomic mass is 35.5. The maximum absolute atomic E-state index is 5.98. The molecule has 1 fully saturated rings. The Morgan fingerprint density at radius 2 is 2.25 bits per heavy atom. The Kier molecular flexibility index (Phi) is 1.72. The van der Waals surface area contributed by atoms with Gasteiger partial charge in [-0.25, -0.2) is 4.98 Å². The highest BCUT2D eigenvalue weighted by molar-refractivity contribution is 6.30. The molecule has 2 rings (SSSR count). The van der Waals surface area contributed by atoms with Gasteiger partial charge in [0.1, 0.15) is 11.0 Å². The van der Waals surface area contributed by atoms with Gasteiger partial charge in [-0.15, -0.1) is 0 Å². The smallest absolute Gasteiger partial charge is 0.135 e. The van der Waals surface area contributed by atoms with Crippen molar-refractivity contribution >= 4 is 17.4 Å². The number of rotatable bonds is 1. The van der Waals surface area contributed by atoms with Gasteiger partial charge in [-0.1, -0.05) is 11.6 Å². The van der Waals surface area contributed by atoms with Crippen molar-refractivity contribution in [3.8, 4) is 0 Å². The molecule has 2 N–H and O–H groups in total. The molecule has 12 heavy (non-hydrogen) atoms. The van der Waals surface area contributed by atoms with Gasteiger partial charge in [0, 0.05) is 0 Å². The molecule has 0 amide bonds. The van der Waals surface area contributed by atoms with Gasteiger partial charge >= 0.3 is 0 Å². The van der Waals surface area contributed by atoms with Crippen LogP contribution in [0.1, 0.15) is 29.9 Å². The first-order valence-electron chi connectivity index (χ1n) is 4.11. The SMILES string of the molecule is Cc1cc(N)nc(Cl)c1C1CC1. The lowest BCUT2D eigenvalue weighted by atomic mass is 10.1. The van der Waals surface area contributed by atoms with Crippen LogP contribution in [-0.2, 0) is 0 Å². The van der Waals surface area contributed by atoms with Crippen LogP contribution in [0.3, 0.4) is 0 Å². The van der Waals surface area contributed by atoms with Crippen LogP contribution in [0, 0.1) is 6.92 Å². The maximum Gasteiger partial charge on any atom is 0.135 e. The predicted molar refractivity (Wildman–Crippen MR) is 50.4 cm³/mol. The number of halogens is 1. The summed E-state index contributed by atoms with van der Waals surface area (Å²) in [5.74, 6) is 1.16. The monoisotopic (exact) mass is 182 g/mol. The molecule has 0 radical (unpaired) electrons. The Morgan fingerprint density at radius 1 is 1.58 bits per heavy atom. The van der Waals surface area contributed by atoms with E-state index in [0.717, 1.165) is 0 Å². The van der Waals surface area contributed by atoms with E-state index in [1.807, 2.05) is 13.0 Å². The normalized spacial score (nSPS) is 16.5. The molecule has 0 aliphatic heterocycles. The summed E-state index contributed by atoms with van der Waals surface area (Å²) in [4.78, 5) is 4.04. The number of anilines is 1. The summed E-state index contributed by atoms with van der Waals surface area (Å²) < 4.78 is 0. The third-order valence-electron chi connectivity index (χ3n) is 2.22. The zero-order valence-electron chi connectivity index (χ0n) is 6.97. The predicted octanol–water partition coefficient (Wildman–Crippen LogP) is 2.50. The van der Waals surface area contributed by atoms with Crippen LogP contribution in [0.2, 0.25) is 5.15 Å². The third kappa shape index (κ3) is 1.27. The molecular formula is C9H11ClN2. The number of hydrogen-bond donors (Lipinski definition) is 1. The highest BCUT2D eigenvalue weighted by Crippen LogP contribution is 2.44. The Hall–Kier alpha value is -0.760. The fourth-order valence-electron chi connectivity index (χ4n) is 1.53. The van der Waals surface area contributed by atoms with E-state index < -0.39 is 0 Å². The first kappa shape index (κ1) is 7.87. The van der Waals surface area contributed by atoms with Crippen molar-refractivity contribution in [2.24, 2.45) is 0 Å². The van der Waals surface area contributed by atoms with E-state index in [-0.39, 0.29) is 0 Å². The van der Waals surface area contributed by atoms with Gasteiger partial charge in [-0.3, -0.25) is 0 Å². The Labute approximate surface area is 76.7 Å². The fraction of sp³-hybridized carbons (Fsp3) is 0.444. The molecule has 1 aromatic rings. The zero-order chi connectivity index (χ0) is 8.72. The van der Waals surface area contributed by atoms with E-state index in [9.17, 15) is 0 Å². The van der Waals surface area contributed by atoms with Crippen molar-refractivity contribution in [1.29, 1.82) is 0 Å². The lowest BCUT2D eigenvalue weighted by molar-refractivity contribution is 1.07. The number of aromatic nitrogens is 1. The van der Waals surface area contributed by atoms with Crippen molar-refractivity contribution in [3.63, 3.8) is 0 Å². The van der Waals surface area contributed by atoms with E-state index in [1.165, 1.54) is 24.0 Å². The molecule has 0 bridgehead atoms. The number of aryl methyl sites for hydroxylation is 1. The van der Waals surface area contributed by atoms with E-state index in [2.05, 4.69) is 4.98 Å². The molecule has 1 aromatic heterocycles. The molecule has 64 valence electrons. The van der Waals surface area contributed by atoms with E-state index in [0.29, 0.717) is 16.9 Å².